The van der Waals surface area contributed by atoms with E-state index in [2.05, 4.69) is 0 Å². The molecule has 2 heterocycles. The number of rotatable bonds is 2. The molecule has 108 valence electrons. The summed E-state index contributed by atoms with van der Waals surface area (Å²) in [7, 11) is 0. The molecule has 2 saturated heterocycles. The number of hydrogen-bond acceptors (Lipinski definition) is 2. The lowest BCUT2D eigenvalue weighted by Crippen LogP contribution is -2.33. The van der Waals surface area contributed by atoms with Gasteiger partial charge in [-0.1, -0.05) is 6.42 Å². The summed E-state index contributed by atoms with van der Waals surface area (Å²) >= 11 is 2.01. The number of ketones is 1. The molecule has 1 aromatic rings. The molecular formula is C16H18F2OS. The van der Waals surface area contributed by atoms with Gasteiger partial charge < -0.3 is 0 Å². The molecule has 0 aliphatic carbocycles. The molecule has 0 spiro atoms. The van der Waals surface area contributed by atoms with Gasteiger partial charge in [0.25, 0.3) is 0 Å². The summed E-state index contributed by atoms with van der Waals surface area (Å²) in [5.74, 6) is -1.79. The Bertz CT molecular complexity index is 532. The van der Waals surface area contributed by atoms with Crippen molar-refractivity contribution in [2.75, 3.05) is 0 Å². The summed E-state index contributed by atoms with van der Waals surface area (Å²) in [4.78, 5) is 12.6. The van der Waals surface area contributed by atoms with Gasteiger partial charge in [0.2, 0.25) is 0 Å². The summed E-state index contributed by atoms with van der Waals surface area (Å²) in [5.41, 5.74) is 0.511. The second-order valence-electron chi connectivity index (χ2n) is 5.88. The maximum atomic E-state index is 13.6. The Kier molecular flexibility index (Phi) is 3.85. The van der Waals surface area contributed by atoms with Gasteiger partial charge >= 0.3 is 0 Å². The molecular weight excluding hydrogens is 278 g/mol. The van der Waals surface area contributed by atoms with Crippen molar-refractivity contribution in [2.24, 2.45) is 5.92 Å². The lowest BCUT2D eigenvalue weighted by atomic mass is 9.83. The van der Waals surface area contributed by atoms with Crippen LogP contribution in [0.5, 0.6) is 0 Å². The van der Waals surface area contributed by atoms with Crippen LogP contribution in [0.1, 0.15) is 48.0 Å². The predicted octanol–water partition coefficient (Wildman–Crippen LogP) is 4.52. The fourth-order valence-corrected chi connectivity index (χ4v) is 5.25. The van der Waals surface area contributed by atoms with Gasteiger partial charge in [0.15, 0.2) is 17.4 Å². The second-order valence-corrected chi connectivity index (χ2v) is 7.48. The van der Waals surface area contributed by atoms with Crippen molar-refractivity contribution in [3.8, 4) is 0 Å². The largest absolute Gasteiger partial charge is 0.294 e. The van der Waals surface area contributed by atoms with E-state index in [-0.39, 0.29) is 17.3 Å². The highest BCUT2D eigenvalue weighted by Gasteiger charge is 2.36. The van der Waals surface area contributed by atoms with E-state index in [4.69, 9.17) is 0 Å². The van der Waals surface area contributed by atoms with E-state index >= 15 is 0 Å². The number of thioether (sulfide) groups is 1. The fourth-order valence-electron chi connectivity index (χ4n) is 3.41. The maximum absolute atomic E-state index is 13.6. The number of Topliss-reactive ketones (excluding diaryl/α,β-unsaturated/α-hetero) is 1. The Balaban J connectivity index is 1.84. The molecule has 2 atom stereocenters. The van der Waals surface area contributed by atoms with Gasteiger partial charge in [-0.25, -0.2) is 8.78 Å². The van der Waals surface area contributed by atoms with Crippen molar-refractivity contribution in [3.05, 3.63) is 34.9 Å². The maximum Gasteiger partial charge on any atom is 0.166 e. The third kappa shape index (κ3) is 2.50. The first-order chi connectivity index (χ1) is 9.56. The van der Waals surface area contributed by atoms with Gasteiger partial charge in [-0.3, -0.25) is 4.79 Å². The van der Waals surface area contributed by atoms with E-state index in [0.717, 1.165) is 18.9 Å². The van der Waals surface area contributed by atoms with E-state index in [1.54, 1.807) is 0 Å². The molecule has 1 nitrogen and oxygen atoms in total. The number of carbonyl (C=O) groups excluding carboxylic acids is 1. The van der Waals surface area contributed by atoms with E-state index in [1.165, 1.54) is 32.3 Å². The van der Waals surface area contributed by atoms with Gasteiger partial charge in [0, 0.05) is 22.0 Å². The Morgan fingerprint density at radius 2 is 1.85 bits per heavy atom. The highest BCUT2D eigenvalue weighted by atomic mass is 32.2. The van der Waals surface area contributed by atoms with E-state index in [0.29, 0.717) is 16.1 Å². The van der Waals surface area contributed by atoms with Crippen molar-refractivity contribution in [3.63, 3.8) is 0 Å². The van der Waals surface area contributed by atoms with Gasteiger partial charge in [0.05, 0.1) is 0 Å². The van der Waals surface area contributed by atoms with Crippen molar-refractivity contribution >= 4 is 17.5 Å². The summed E-state index contributed by atoms with van der Waals surface area (Å²) in [6.45, 7) is 1.49. The number of halogens is 2. The molecule has 0 amide bonds. The minimum absolute atomic E-state index is 0.00130. The lowest BCUT2D eigenvalue weighted by molar-refractivity contribution is 0.0895. The van der Waals surface area contributed by atoms with Gasteiger partial charge in [0.1, 0.15) is 0 Å². The van der Waals surface area contributed by atoms with Gasteiger partial charge in [-0.2, -0.15) is 11.8 Å². The smallest absolute Gasteiger partial charge is 0.166 e. The number of carbonyl (C=O) groups is 1. The Hall–Kier alpha value is -0.900. The first-order valence-corrected chi connectivity index (χ1v) is 8.15. The predicted molar refractivity (Wildman–Crippen MR) is 77.2 cm³/mol. The van der Waals surface area contributed by atoms with Crippen LogP contribution in [0.4, 0.5) is 8.78 Å². The van der Waals surface area contributed by atoms with Gasteiger partial charge in [-0.05, 0) is 50.3 Å². The van der Waals surface area contributed by atoms with Crippen LogP contribution in [0.15, 0.2) is 12.1 Å². The van der Waals surface area contributed by atoms with Crippen molar-refractivity contribution < 1.29 is 13.6 Å². The summed E-state index contributed by atoms with van der Waals surface area (Å²) in [5, 5.41) is 1.14. The average Bonchev–Trinajstić information content (AvgIpc) is 2.44. The fraction of sp³-hybridized carbons (Fsp3) is 0.562. The summed E-state index contributed by atoms with van der Waals surface area (Å²) in [6.07, 6.45) is 5.40. The third-order valence-electron chi connectivity index (χ3n) is 4.51. The van der Waals surface area contributed by atoms with Crippen LogP contribution in [0.2, 0.25) is 0 Å². The molecule has 0 N–H and O–H groups in total. The normalized spacial score (nSPS) is 29.2. The molecule has 1 aromatic carbocycles. The summed E-state index contributed by atoms with van der Waals surface area (Å²) in [6, 6.07) is 2.50. The molecule has 20 heavy (non-hydrogen) atoms. The third-order valence-corrected chi connectivity index (χ3v) is 6.13. The van der Waals surface area contributed by atoms with Crippen LogP contribution in [0, 0.1) is 24.5 Å². The monoisotopic (exact) mass is 296 g/mol. The zero-order valence-corrected chi connectivity index (χ0v) is 12.3. The molecule has 3 rings (SSSR count). The Morgan fingerprint density at radius 3 is 2.50 bits per heavy atom. The molecule has 0 saturated carbocycles. The standard InChI is InChI=1S/C16H18F2OS/c1-9-13(5-6-14(17)15(9)18)16(19)10-7-11-3-2-4-12(8-10)20-11/h5-6,10-12H,2-4,7-8H2,1H3. The van der Waals surface area contributed by atoms with Crippen LogP contribution in [-0.2, 0) is 0 Å². The van der Waals surface area contributed by atoms with E-state index in [1.807, 2.05) is 11.8 Å². The molecule has 2 fully saturated rings. The minimum Gasteiger partial charge on any atom is -0.294 e. The van der Waals surface area contributed by atoms with Crippen molar-refractivity contribution in [1.29, 1.82) is 0 Å². The first-order valence-electron chi connectivity index (χ1n) is 7.20. The van der Waals surface area contributed by atoms with Crippen molar-refractivity contribution in [1.82, 2.24) is 0 Å². The second kappa shape index (κ2) is 5.47. The van der Waals surface area contributed by atoms with Crippen LogP contribution >= 0.6 is 11.8 Å². The summed E-state index contributed by atoms with van der Waals surface area (Å²) < 4.78 is 26.8. The number of fused-ring (bicyclic) bond motifs is 2. The quantitative estimate of drug-likeness (QED) is 0.746. The lowest BCUT2D eigenvalue weighted by Gasteiger charge is -2.38. The molecule has 2 aliphatic heterocycles. The van der Waals surface area contributed by atoms with Crippen LogP contribution < -0.4 is 0 Å². The zero-order chi connectivity index (χ0) is 14.3. The van der Waals surface area contributed by atoms with Crippen molar-refractivity contribution in [2.45, 2.75) is 49.5 Å². The molecule has 0 aromatic heterocycles. The molecule has 2 unspecified atom stereocenters. The Labute approximate surface area is 122 Å². The van der Waals surface area contributed by atoms with E-state index in [9.17, 15) is 13.6 Å². The van der Waals surface area contributed by atoms with Crippen LogP contribution in [0.25, 0.3) is 0 Å². The number of benzene rings is 1. The van der Waals surface area contributed by atoms with Crippen LogP contribution in [0.3, 0.4) is 0 Å². The van der Waals surface area contributed by atoms with E-state index < -0.39 is 11.6 Å². The molecule has 4 heteroatoms. The van der Waals surface area contributed by atoms with Gasteiger partial charge in [-0.15, -0.1) is 0 Å². The average molecular weight is 296 g/mol. The minimum atomic E-state index is -0.888. The molecule has 2 aliphatic rings. The SMILES string of the molecule is Cc1c(C(=O)C2CC3CCCC(C2)S3)ccc(F)c1F. The van der Waals surface area contributed by atoms with Crippen LogP contribution in [-0.4, -0.2) is 16.3 Å². The first kappa shape index (κ1) is 14.1. The highest BCUT2D eigenvalue weighted by molar-refractivity contribution is 8.00. The Morgan fingerprint density at radius 1 is 1.20 bits per heavy atom. The molecule has 0 radical (unpaired) electrons. The highest BCUT2D eigenvalue weighted by Crippen LogP contribution is 2.44. The zero-order valence-electron chi connectivity index (χ0n) is 11.5. The number of hydrogen-bond donors (Lipinski definition) is 0. The topological polar surface area (TPSA) is 17.1 Å². The molecule has 2 bridgehead atoms.